The van der Waals surface area contributed by atoms with Gasteiger partial charge < -0.3 is 24.9 Å². The highest BCUT2D eigenvalue weighted by atomic mass is 16.5. The van der Waals surface area contributed by atoms with Crippen LogP contribution in [0.1, 0.15) is 28.3 Å². The van der Waals surface area contributed by atoms with Gasteiger partial charge in [-0.3, -0.25) is 4.98 Å². The first kappa shape index (κ1) is 19.0. The monoisotopic (exact) mass is 415 g/mol. The Morgan fingerprint density at radius 1 is 1.13 bits per heavy atom. The van der Waals surface area contributed by atoms with E-state index in [9.17, 15) is 9.90 Å². The topological polar surface area (TPSA) is 96.6 Å². The second kappa shape index (κ2) is 8.02. The fourth-order valence-electron chi connectivity index (χ4n) is 3.91. The van der Waals surface area contributed by atoms with E-state index in [0.717, 1.165) is 40.1 Å². The van der Waals surface area contributed by atoms with Gasteiger partial charge in [0.25, 0.3) is 0 Å². The van der Waals surface area contributed by atoms with Crippen molar-refractivity contribution in [1.29, 1.82) is 0 Å². The van der Waals surface area contributed by atoms with Crippen LogP contribution >= 0.6 is 0 Å². The number of hydrogen-bond donors (Lipinski definition) is 3. The Morgan fingerprint density at radius 2 is 2.00 bits per heavy atom. The van der Waals surface area contributed by atoms with Gasteiger partial charge in [0.1, 0.15) is 11.3 Å². The quantitative estimate of drug-likeness (QED) is 0.396. The Balaban J connectivity index is 1.32. The number of pyridine rings is 1. The number of benzene rings is 2. The largest absolute Gasteiger partial charge is 0.493 e. The van der Waals surface area contributed by atoms with E-state index < -0.39 is 5.97 Å². The summed E-state index contributed by atoms with van der Waals surface area (Å²) in [7, 11) is 0. The summed E-state index contributed by atoms with van der Waals surface area (Å²) in [5.41, 5.74) is 4.55. The Hall–Kier alpha value is -4.00. The number of nitrogens with zero attached hydrogens (tertiary/aromatic N) is 1. The molecule has 0 aliphatic carbocycles. The molecule has 7 nitrogen and oxygen atoms in total. The maximum Gasteiger partial charge on any atom is 0.337 e. The first-order valence-corrected chi connectivity index (χ1v) is 10.1. The second-order valence-electron chi connectivity index (χ2n) is 7.49. The molecule has 1 atom stereocenters. The van der Waals surface area contributed by atoms with Crippen molar-refractivity contribution in [2.75, 3.05) is 23.8 Å². The van der Waals surface area contributed by atoms with Gasteiger partial charge in [0.2, 0.25) is 0 Å². The minimum atomic E-state index is -0.972. The van der Waals surface area contributed by atoms with Crippen molar-refractivity contribution < 1.29 is 19.1 Å². The van der Waals surface area contributed by atoms with Gasteiger partial charge in [0.05, 0.1) is 30.3 Å². The van der Waals surface area contributed by atoms with Gasteiger partial charge in [0.15, 0.2) is 0 Å². The highest BCUT2D eigenvalue weighted by Crippen LogP contribution is 2.36. The van der Waals surface area contributed by atoms with Crippen LogP contribution < -0.4 is 15.4 Å². The first-order valence-electron chi connectivity index (χ1n) is 10.1. The molecule has 31 heavy (non-hydrogen) atoms. The molecular weight excluding hydrogens is 394 g/mol. The van der Waals surface area contributed by atoms with Gasteiger partial charge in [0, 0.05) is 47.6 Å². The summed E-state index contributed by atoms with van der Waals surface area (Å²) in [5, 5.41) is 17.1. The fraction of sp³-hybridized carbons (Fsp3) is 0.167. The van der Waals surface area contributed by atoms with Gasteiger partial charge in [-0.1, -0.05) is 6.07 Å². The molecule has 3 N–H and O–H groups in total. The Labute approximate surface area is 178 Å². The van der Waals surface area contributed by atoms with Crippen LogP contribution in [0.15, 0.2) is 71.6 Å². The van der Waals surface area contributed by atoms with E-state index in [1.54, 1.807) is 12.5 Å². The number of anilines is 3. The molecule has 3 heterocycles. The molecule has 0 unspecified atom stereocenters. The zero-order valence-corrected chi connectivity index (χ0v) is 16.7. The number of carbonyl (C=O) groups is 1. The van der Waals surface area contributed by atoms with E-state index in [2.05, 4.69) is 21.7 Å². The summed E-state index contributed by atoms with van der Waals surface area (Å²) in [5.74, 6) is 0.0756. The van der Waals surface area contributed by atoms with E-state index in [0.29, 0.717) is 18.8 Å². The van der Waals surface area contributed by atoms with Crippen LogP contribution in [0.2, 0.25) is 0 Å². The van der Waals surface area contributed by atoms with Gasteiger partial charge in [-0.25, -0.2) is 4.79 Å². The normalized spacial score (nSPS) is 15.2. The van der Waals surface area contributed by atoms with Crippen LogP contribution in [0.25, 0.3) is 11.0 Å². The van der Waals surface area contributed by atoms with Crippen molar-refractivity contribution in [3.8, 4) is 5.75 Å². The first-order chi connectivity index (χ1) is 15.2. The molecule has 0 saturated carbocycles. The van der Waals surface area contributed by atoms with Crippen LogP contribution in [0.4, 0.5) is 17.1 Å². The lowest BCUT2D eigenvalue weighted by atomic mass is 9.92. The van der Waals surface area contributed by atoms with E-state index in [4.69, 9.17) is 9.15 Å². The van der Waals surface area contributed by atoms with Gasteiger partial charge in [-0.15, -0.1) is 0 Å². The number of aromatic carboxylic acids is 1. The Bertz CT molecular complexity index is 1250. The summed E-state index contributed by atoms with van der Waals surface area (Å²) in [6.07, 6.45) is 5.56. The number of aromatic nitrogens is 1. The molecule has 0 fully saturated rings. The zero-order valence-electron chi connectivity index (χ0n) is 16.7. The Kier molecular flexibility index (Phi) is 4.92. The zero-order chi connectivity index (χ0) is 21.2. The lowest BCUT2D eigenvalue weighted by molar-refractivity contribution is 0.0697. The third-order valence-corrected chi connectivity index (χ3v) is 5.51. The third-order valence-electron chi connectivity index (χ3n) is 5.51. The molecule has 1 aliphatic heterocycles. The van der Waals surface area contributed by atoms with Crippen molar-refractivity contribution in [2.45, 2.75) is 12.3 Å². The van der Waals surface area contributed by atoms with Gasteiger partial charge >= 0.3 is 5.97 Å². The average molecular weight is 415 g/mol. The molecule has 0 saturated heterocycles. The minimum absolute atomic E-state index is 0.208. The number of ether oxygens (including phenoxy) is 1. The van der Waals surface area contributed by atoms with Gasteiger partial charge in [-0.05, 0) is 42.3 Å². The summed E-state index contributed by atoms with van der Waals surface area (Å²) in [6.45, 7) is 1.21. The Morgan fingerprint density at radius 3 is 2.90 bits per heavy atom. The fourth-order valence-corrected chi connectivity index (χ4v) is 3.91. The van der Waals surface area contributed by atoms with Crippen molar-refractivity contribution in [2.24, 2.45) is 0 Å². The van der Waals surface area contributed by atoms with Crippen molar-refractivity contribution >= 4 is 34.0 Å². The van der Waals surface area contributed by atoms with E-state index in [-0.39, 0.29) is 11.5 Å². The standard InChI is InChI=1S/C24H21N3O4/c28-24(29)20-5-8-25-14-21(20)26-13-16-7-10-31-23-12-18(3-4-19(16)23)27-17-2-1-15-6-9-30-22(15)11-17/h1-6,8-9,11-12,14,16,26-27H,7,10,13H2,(H,28,29)/t16-/m0/s1. The molecule has 156 valence electrons. The second-order valence-corrected chi connectivity index (χ2v) is 7.49. The predicted molar refractivity (Wildman–Crippen MR) is 118 cm³/mol. The smallest absolute Gasteiger partial charge is 0.337 e. The van der Waals surface area contributed by atoms with Crippen molar-refractivity contribution in [1.82, 2.24) is 4.98 Å². The molecule has 0 radical (unpaired) electrons. The van der Waals surface area contributed by atoms with Gasteiger partial charge in [-0.2, -0.15) is 0 Å². The predicted octanol–water partition coefficient (Wildman–Crippen LogP) is 5.25. The van der Waals surface area contributed by atoms with Crippen LogP contribution in [0, 0.1) is 0 Å². The van der Waals surface area contributed by atoms with Crippen molar-refractivity contribution in [3.63, 3.8) is 0 Å². The maximum atomic E-state index is 11.4. The van der Waals surface area contributed by atoms with E-state index in [1.807, 2.05) is 36.4 Å². The van der Waals surface area contributed by atoms with E-state index >= 15 is 0 Å². The highest BCUT2D eigenvalue weighted by Gasteiger charge is 2.22. The third kappa shape index (κ3) is 3.90. The molecule has 4 aromatic rings. The number of carboxylic acids is 1. The summed E-state index contributed by atoms with van der Waals surface area (Å²) in [4.78, 5) is 15.5. The van der Waals surface area contributed by atoms with Crippen LogP contribution in [0.3, 0.4) is 0 Å². The lowest BCUT2D eigenvalue weighted by Crippen LogP contribution is -2.21. The van der Waals surface area contributed by atoms with Crippen LogP contribution in [0.5, 0.6) is 5.75 Å². The lowest BCUT2D eigenvalue weighted by Gasteiger charge is -2.27. The summed E-state index contributed by atoms with van der Waals surface area (Å²) in [6, 6.07) is 15.5. The molecule has 2 aromatic carbocycles. The summed E-state index contributed by atoms with van der Waals surface area (Å²) >= 11 is 0. The average Bonchev–Trinajstić information content (AvgIpc) is 3.25. The highest BCUT2D eigenvalue weighted by molar-refractivity contribution is 5.93. The van der Waals surface area contributed by atoms with Crippen LogP contribution in [-0.2, 0) is 0 Å². The molecule has 5 rings (SSSR count). The molecule has 2 aromatic heterocycles. The SMILES string of the molecule is O=C(O)c1ccncc1NC[C@@H]1CCOc2cc(Nc3ccc4ccoc4c3)ccc21. The molecular formula is C24H21N3O4. The number of nitrogens with one attached hydrogen (secondary N) is 2. The number of rotatable bonds is 6. The molecule has 1 aliphatic rings. The number of carboxylic acid groups (broad SMARTS) is 1. The molecule has 7 heteroatoms. The number of furan rings is 1. The summed E-state index contributed by atoms with van der Waals surface area (Å²) < 4.78 is 11.4. The molecule has 0 spiro atoms. The minimum Gasteiger partial charge on any atom is -0.493 e. The molecule has 0 amide bonds. The van der Waals surface area contributed by atoms with Crippen molar-refractivity contribution in [3.05, 3.63) is 78.3 Å². The van der Waals surface area contributed by atoms with E-state index in [1.165, 1.54) is 12.3 Å². The number of hydrogen-bond acceptors (Lipinski definition) is 6. The van der Waals surface area contributed by atoms with Crippen LogP contribution in [-0.4, -0.2) is 29.2 Å². The number of fused-ring (bicyclic) bond motifs is 2. The maximum absolute atomic E-state index is 11.4. The molecule has 0 bridgehead atoms.